The SMILES string of the molecule is Cc1nc2ccccc2c(C)c1N. The second kappa shape index (κ2) is 2.73. The molecule has 2 heteroatoms. The van der Waals surface area contributed by atoms with Crippen LogP contribution in [-0.2, 0) is 0 Å². The van der Waals surface area contributed by atoms with E-state index in [0.29, 0.717) is 0 Å². The van der Waals surface area contributed by atoms with Gasteiger partial charge in [0.1, 0.15) is 0 Å². The molecule has 0 fully saturated rings. The summed E-state index contributed by atoms with van der Waals surface area (Å²) in [4.78, 5) is 4.41. The number of fused-ring (bicyclic) bond motifs is 1. The Kier molecular flexibility index (Phi) is 1.69. The van der Waals surface area contributed by atoms with Crippen LogP contribution < -0.4 is 5.73 Å². The average molecular weight is 172 g/mol. The Morgan fingerprint density at radius 3 is 2.62 bits per heavy atom. The minimum Gasteiger partial charge on any atom is -0.397 e. The van der Waals surface area contributed by atoms with Crippen LogP contribution in [0.2, 0.25) is 0 Å². The molecule has 0 aliphatic heterocycles. The second-order valence-corrected chi connectivity index (χ2v) is 3.25. The number of benzene rings is 1. The lowest BCUT2D eigenvalue weighted by atomic mass is 10.1. The molecule has 0 aliphatic carbocycles. The van der Waals surface area contributed by atoms with Crippen molar-refractivity contribution in [2.45, 2.75) is 13.8 Å². The van der Waals surface area contributed by atoms with Gasteiger partial charge in [0.15, 0.2) is 0 Å². The number of rotatable bonds is 0. The van der Waals surface area contributed by atoms with Crippen LogP contribution in [0.25, 0.3) is 10.9 Å². The van der Waals surface area contributed by atoms with Crippen LogP contribution in [-0.4, -0.2) is 4.98 Å². The quantitative estimate of drug-likeness (QED) is 0.662. The van der Waals surface area contributed by atoms with E-state index in [0.717, 1.165) is 27.8 Å². The smallest absolute Gasteiger partial charge is 0.0709 e. The summed E-state index contributed by atoms with van der Waals surface area (Å²) in [5.74, 6) is 0. The van der Waals surface area contributed by atoms with Crippen molar-refractivity contribution in [3.8, 4) is 0 Å². The fraction of sp³-hybridized carbons (Fsp3) is 0.182. The molecule has 0 bridgehead atoms. The summed E-state index contributed by atoms with van der Waals surface area (Å²) in [7, 11) is 0. The van der Waals surface area contributed by atoms with Crippen molar-refractivity contribution in [2.24, 2.45) is 0 Å². The van der Waals surface area contributed by atoms with Gasteiger partial charge in [-0.25, -0.2) is 0 Å². The van der Waals surface area contributed by atoms with Gasteiger partial charge in [0.05, 0.1) is 16.9 Å². The Morgan fingerprint density at radius 2 is 1.85 bits per heavy atom. The van der Waals surface area contributed by atoms with E-state index in [1.54, 1.807) is 0 Å². The van der Waals surface area contributed by atoms with Crippen LogP contribution in [0.4, 0.5) is 5.69 Å². The van der Waals surface area contributed by atoms with Crippen LogP contribution >= 0.6 is 0 Å². The van der Waals surface area contributed by atoms with E-state index >= 15 is 0 Å². The van der Waals surface area contributed by atoms with E-state index in [4.69, 9.17) is 5.73 Å². The highest BCUT2D eigenvalue weighted by atomic mass is 14.7. The fourth-order valence-corrected chi connectivity index (χ4v) is 1.55. The highest BCUT2D eigenvalue weighted by Crippen LogP contribution is 2.23. The highest BCUT2D eigenvalue weighted by Gasteiger charge is 2.04. The van der Waals surface area contributed by atoms with Crippen molar-refractivity contribution in [3.05, 3.63) is 35.5 Å². The van der Waals surface area contributed by atoms with E-state index in [9.17, 15) is 0 Å². The number of pyridine rings is 1. The number of para-hydroxylation sites is 1. The molecule has 1 aromatic carbocycles. The molecule has 1 heterocycles. The molecule has 0 unspecified atom stereocenters. The first-order valence-corrected chi connectivity index (χ1v) is 4.31. The minimum absolute atomic E-state index is 0.804. The lowest BCUT2D eigenvalue weighted by Crippen LogP contribution is -1.97. The molecule has 2 nitrogen and oxygen atoms in total. The maximum absolute atomic E-state index is 5.89. The van der Waals surface area contributed by atoms with Gasteiger partial charge in [-0.2, -0.15) is 0 Å². The van der Waals surface area contributed by atoms with Gasteiger partial charge in [0.2, 0.25) is 0 Å². The Morgan fingerprint density at radius 1 is 1.15 bits per heavy atom. The summed E-state index contributed by atoms with van der Waals surface area (Å²) in [5, 5.41) is 1.14. The number of aryl methyl sites for hydroxylation is 2. The standard InChI is InChI=1S/C11H12N2/c1-7-9-5-3-4-6-10(9)13-8(2)11(7)12/h3-6H,12H2,1-2H3. The monoisotopic (exact) mass is 172 g/mol. The highest BCUT2D eigenvalue weighted by molar-refractivity contribution is 5.86. The molecule has 13 heavy (non-hydrogen) atoms. The normalized spacial score (nSPS) is 10.6. The summed E-state index contributed by atoms with van der Waals surface area (Å²) >= 11 is 0. The summed E-state index contributed by atoms with van der Waals surface area (Å²) in [6.45, 7) is 3.97. The fourth-order valence-electron chi connectivity index (χ4n) is 1.55. The molecule has 0 amide bonds. The van der Waals surface area contributed by atoms with Gasteiger partial charge in [-0.05, 0) is 25.5 Å². The van der Waals surface area contributed by atoms with Crippen LogP contribution in [0.15, 0.2) is 24.3 Å². The molecular weight excluding hydrogens is 160 g/mol. The molecule has 2 rings (SSSR count). The number of aromatic nitrogens is 1. The van der Waals surface area contributed by atoms with E-state index in [1.807, 2.05) is 38.1 Å². The van der Waals surface area contributed by atoms with E-state index < -0.39 is 0 Å². The molecule has 2 N–H and O–H groups in total. The molecular formula is C11H12N2. The summed E-state index contributed by atoms with van der Waals surface area (Å²) in [5.41, 5.74) is 9.75. The third-order valence-electron chi connectivity index (χ3n) is 2.39. The first-order chi connectivity index (χ1) is 6.20. The van der Waals surface area contributed by atoms with Gasteiger partial charge in [0.25, 0.3) is 0 Å². The predicted molar refractivity (Wildman–Crippen MR) is 55.6 cm³/mol. The zero-order valence-corrected chi connectivity index (χ0v) is 7.83. The van der Waals surface area contributed by atoms with Crippen LogP contribution in [0.3, 0.4) is 0 Å². The largest absolute Gasteiger partial charge is 0.397 e. The number of hydrogen-bond acceptors (Lipinski definition) is 2. The molecule has 0 radical (unpaired) electrons. The zero-order valence-electron chi connectivity index (χ0n) is 7.83. The van der Waals surface area contributed by atoms with Crippen molar-refractivity contribution < 1.29 is 0 Å². The topological polar surface area (TPSA) is 38.9 Å². The summed E-state index contributed by atoms with van der Waals surface area (Å²) in [6, 6.07) is 8.05. The van der Waals surface area contributed by atoms with Gasteiger partial charge in [-0.15, -0.1) is 0 Å². The van der Waals surface area contributed by atoms with Crippen molar-refractivity contribution in [1.82, 2.24) is 4.98 Å². The van der Waals surface area contributed by atoms with Crippen LogP contribution in [0, 0.1) is 13.8 Å². The Balaban J connectivity index is 2.94. The maximum atomic E-state index is 5.89. The van der Waals surface area contributed by atoms with Gasteiger partial charge >= 0.3 is 0 Å². The number of nitrogens with two attached hydrogens (primary N) is 1. The second-order valence-electron chi connectivity index (χ2n) is 3.25. The third-order valence-corrected chi connectivity index (χ3v) is 2.39. The number of nitrogens with zero attached hydrogens (tertiary/aromatic N) is 1. The van der Waals surface area contributed by atoms with E-state index in [1.165, 1.54) is 0 Å². The lowest BCUT2D eigenvalue weighted by molar-refractivity contribution is 1.24. The van der Waals surface area contributed by atoms with Crippen LogP contribution in [0.1, 0.15) is 11.3 Å². The van der Waals surface area contributed by atoms with Crippen molar-refractivity contribution >= 4 is 16.6 Å². The van der Waals surface area contributed by atoms with Gasteiger partial charge in [-0.1, -0.05) is 18.2 Å². The molecule has 0 saturated heterocycles. The molecule has 66 valence electrons. The van der Waals surface area contributed by atoms with Crippen molar-refractivity contribution in [2.75, 3.05) is 5.73 Å². The Bertz CT molecular complexity index is 461. The number of anilines is 1. The molecule has 1 aromatic heterocycles. The van der Waals surface area contributed by atoms with Crippen LogP contribution in [0.5, 0.6) is 0 Å². The molecule has 0 spiro atoms. The number of nitrogen functional groups attached to an aromatic ring is 1. The first kappa shape index (κ1) is 8.05. The Labute approximate surface area is 77.4 Å². The first-order valence-electron chi connectivity index (χ1n) is 4.31. The van der Waals surface area contributed by atoms with Crippen molar-refractivity contribution in [1.29, 1.82) is 0 Å². The lowest BCUT2D eigenvalue weighted by Gasteiger charge is -2.07. The minimum atomic E-state index is 0.804. The Hall–Kier alpha value is -1.57. The van der Waals surface area contributed by atoms with Gasteiger partial charge in [0, 0.05) is 5.39 Å². The molecule has 0 aliphatic rings. The summed E-state index contributed by atoms with van der Waals surface area (Å²) in [6.07, 6.45) is 0. The molecule has 0 atom stereocenters. The van der Waals surface area contributed by atoms with Gasteiger partial charge in [-0.3, -0.25) is 4.98 Å². The zero-order chi connectivity index (χ0) is 9.42. The summed E-state index contributed by atoms with van der Waals surface area (Å²) < 4.78 is 0. The average Bonchev–Trinajstić information content (AvgIpc) is 2.15. The van der Waals surface area contributed by atoms with E-state index in [2.05, 4.69) is 4.98 Å². The van der Waals surface area contributed by atoms with E-state index in [-0.39, 0.29) is 0 Å². The predicted octanol–water partition coefficient (Wildman–Crippen LogP) is 2.43. The maximum Gasteiger partial charge on any atom is 0.0709 e. The number of hydrogen-bond donors (Lipinski definition) is 1. The molecule has 0 saturated carbocycles. The van der Waals surface area contributed by atoms with Gasteiger partial charge < -0.3 is 5.73 Å². The molecule has 2 aromatic rings. The third kappa shape index (κ3) is 1.15. The van der Waals surface area contributed by atoms with Crippen molar-refractivity contribution in [3.63, 3.8) is 0 Å².